The first-order valence-corrected chi connectivity index (χ1v) is 6.22. The van der Waals surface area contributed by atoms with Gasteiger partial charge in [-0.2, -0.15) is 0 Å². The van der Waals surface area contributed by atoms with Crippen molar-refractivity contribution in [2.75, 3.05) is 6.54 Å². The normalized spacial score (nSPS) is 13.1. The summed E-state index contributed by atoms with van der Waals surface area (Å²) in [5.74, 6) is 0.769. The highest BCUT2D eigenvalue weighted by Crippen LogP contribution is 2.06. The van der Waals surface area contributed by atoms with Crippen molar-refractivity contribution >= 4 is 0 Å². The third-order valence-electron chi connectivity index (χ3n) is 2.85. The second kappa shape index (κ2) is 6.64. The number of hydrogen-bond donors (Lipinski definition) is 1. The lowest BCUT2D eigenvalue weighted by molar-refractivity contribution is 0.444. The third-order valence-corrected chi connectivity index (χ3v) is 2.85. The van der Waals surface area contributed by atoms with Crippen molar-refractivity contribution in [3.05, 3.63) is 29.6 Å². The van der Waals surface area contributed by atoms with Gasteiger partial charge in [-0.3, -0.25) is 4.98 Å². The summed E-state index contributed by atoms with van der Waals surface area (Å²) >= 11 is 0. The summed E-state index contributed by atoms with van der Waals surface area (Å²) in [5.41, 5.74) is 2.69. The van der Waals surface area contributed by atoms with Crippen molar-refractivity contribution in [1.82, 2.24) is 10.3 Å². The van der Waals surface area contributed by atoms with E-state index in [-0.39, 0.29) is 0 Å². The Balaban J connectivity index is 2.28. The van der Waals surface area contributed by atoms with Crippen LogP contribution in [0.1, 0.15) is 38.3 Å². The molecule has 0 aliphatic rings. The minimum absolute atomic E-state index is 0.613. The van der Waals surface area contributed by atoms with E-state index in [1.165, 1.54) is 17.5 Å². The molecule has 0 bridgehead atoms. The first-order valence-electron chi connectivity index (χ1n) is 6.22. The summed E-state index contributed by atoms with van der Waals surface area (Å²) in [7, 11) is 0. The first-order chi connectivity index (χ1) is 7.59. The zero-order chi connectivity index (χ0) is 12.0. The SMILES string of the molecule is Cc1cnccc1CCNC(C)CC(C)C. The number of rotatable bonds is 6. The summed E-state index contributed by atoms with van der Waals surface area (Å²) in [6, 6.07) is 2.73. The maximum Gasteiger partial charge on any atom is 0.0299 e. The Morgan fingerprint density at radius 1 is 1.31 bits per heavy atom. The quantitative estimate of drug-likeness (QED) is 0.797. The molecule has 0 saturated heterocycles. The zero-order valence-corrected chi connectivity index (χ0v) is 11.0. The fraction of sp³-hybridized carbons (Fsp3) is 0.643. The molecule has 0 aromatic carbocycles. The number of aromatic nitrogens is 1. The molecule has 1 heterocycles. The van der Waals surface area contributed by atoms with Crippen molar-refractivity contribution in [1.29, 1.82) is 0 Å². The second-order valence-corrected chi connectivity index (χ2v) is 5.04. The van der Waals surface area contributed by atoms with Crippen LogP contribution in [0.2, 0.25) is 0 Å². The molecule has 2 nitrogen and oxygen atoms in total. The molecule has 0 aliphatic carbocycles. The highest BCUT2D eigenvalue weighted by Gasteiger charge is 2.04. The summed E-state index contributed by atoms with van der Waals surface area (Å²) < 4.78 is 0. The van der Waals surface area contributed by atoms with Gasteiger partial charge in [0.1, 0.15) is 0 Å². The van der Waals surface area contributed by atoms with E-state index in [1.807, 2.05) is 12.4 Å². The van der Waals surface area contributed by atoms with Crippen LogP contribution in [-0.2, 0) is 6.42 Å². The van der Waals surface area contributed by atoms with Crippen LogP contribution in [0, 0.1) is 12.8 Å². The Hall–Kier alpha value is -0.890. The molecular weight excluding hydrogens is 196 g/mol. The van der Waals surface area contributed by atoms with Crippen molar-refractivity contribution in [3.63, 3.8) is 0 Å². The number of aryl methyl sites for hydroxylation is 1. The van der Waals surface area contributed by atoms with Crippen LogP contribution < -0.4 is 5.32 Å². The molecule has 0 fully saturated rings. The van der Waals surface area contributed by atoms with Crippen molar-refractivity contribution in [3.8, 4) is 0 Å². The molecule has 16 heavy (non-hydrogen) atoms. The largest absolute Gasteiger partial charge is 0.314 e. The maximum atomic E-state index is 4.11. The zero-order valence-electron chi connectivity index (χ0n) is 11.0. The molecule has 0 amide bonds. The third kappa shape index (κ3) is 4.75. The fourth-order valence-electron chi connectivity index (χ4n) is 2.03. The van der Waals surface area contributed by atoms with Crippen molar-refractivity contribution in [2.24, 2.45) is 5.92 Å². The van der Waals surface area contributed by atoms with Gasteiger partial charge in [0.25, 0.3) is 0 Å². The van der Waals surface area contributed by atoms with Gasteiger partial charge in [0.05, 0.1) is 0 Å². The average Bonchev–Trinajstić information content (AvgIpc) is 2.19. The van der Waals surface area contributed by atoms with Gasteiger partial charge in [0, 0.05) is 18.4 Å². The molecule has 1 atom stereocenters. The van der Waals surface area contributed by atoms with E-state index < -0.39 is 0 Å². The molecule has 0 spiro atoms. The molecule has 0 saturated carbocycles. The predicted molar refractivity (Wildman–Crippen MR) is 69.6 cm³/mol. The lowest BCUT2D eigenvalue weighted by atomic mass is 10.0. The van der Waals surface area contributed by atoms with Crippen LogP contribution in [0.4, 0.5) is 0 Å². The number of hydrogen-bond acceptors (Lipinski definition) is 2. The lowest BCUT2D eigenvalue weighted by Crippen LogP contribution is -2.29. The van der Waals surface area contributed by atoms with Gasteiger partial charge in [-0.05, 0) is 56.3 Å². The summed E-state index contributed by atoms with van der Waals surface area (Å²) in [5, 5.41) is 3.57. The van der Waals surface area contributed by atoms with Crippen LogP contribution in [0.5, 0.6) is 0 Å². The monoisotopic (exact) mass is 220 g/mol. The minimum Gasteiger partial charge on any atom is -0.314 e. The Kier molecular flexibility index (Phi) is 5.47. The molecule has 1 unspecified atom stereocenters. The molecule has 1 aromatic heterocycles. The van der Waals surface area contributed by atoms with Gasteiger partial charge >= 0.3 is 0 Å². The van der Waals surface area contributed by atoms with Gasteiger partial charge in [0.15, 0.2) is 0 Å². The van der Waals surface area contributed by atoms with Gasteiger partial charge in [-0.25, -0.2) is 0 Å². The summed E-state index contributed by atoms with van der Waals surface area (Å²) in [6.07, 6.45) is 6.15. The van der Waals surface area contributed by atoms with E-state index in [0.717, 1.165) is 18.9 Å². The Labute approximate surface area is 99.5 Å². The van der Waals surface area contributed by atoms with Crippen LogP contribution >= 0.6 is 0 Å². The molecular formula is C14H24N2. The summed E-state index contributed by atoms with van der Waals surface area (Å²) in [4.78, 5) is 4.11. The molecule has 0 aliphatic heterocycles. The molecule has 2 heteroatoms. The van der Waals surface area contributed by atoms with Crippen LogP contribution in [-0.4, -0.2) is 17.6 Å². The summed E-state index contributed by atoms with van der Waals surface area (Å²) in [6.45, 7) is 9.98. The number of pyridine rings is 1. The first kappa shape index (κ1) is 13.2. The molecule has 1 N–H and O–H groups in total. The van der Waals surface area contributed by atoms with E-state index in [9.17, 15) is 0 Å². The highest BCUT2D eigenvalue weighted by molar-refractivity contribution is 5.21. The average molecular weight is 220 g/mol. The van der Waals surface area contributed by atoms with E-state index in [0.29, 0.717) is 6.04 Å². The molecule has 90 valence electrons. The Morgan fingerprint density at radius 3 is 2.69 bits per heavy atom. The second-order valence-electron chi connectivity index (χ2n) is 5.04. The van der Waals surface area contributed by atoms with Gasteiger partial charge in [-0.15, -0.1) is 0 Å². The van der Waals surface area contributed by atoms with Crippen LogP contribution in [0.3, 0.4) is 0 Å². The molecule has 0 radical (unpaired) electrons. The van der Waals surface area contributed by atoms with Gasteiger partial charge < -0.3 is 5.32 Å². The topological polar surface area (TPSA) is 24.9 Å². The highest BCUT2D eigenvalue weighted by atomic mass is 14.9. The Bertz CT molecular complexity index is 307. The standard InChI is InChI=1S/C14H24N2/c1-11(2)9-13(4)16-8-6-14-5-7-15-10-12(14)3/h5,7,10-11,13,16H,6,8-9H2,1-4H3. The Morgan fingerprint density at radius 2 is 2.06 bits per heavy atom. The predicted octanol–water partition coefficient (Wildman–Crippen LogP) is 2.96. The maximum absolute atomic E-state index is 4.11. The van der Waals surface area contributed by atoms with E-state index in [4.69, 9.17) is 0 Å². The van der Waals surface area contributed by atoms with Crippen molar-refractivity contribution in [2.45, 2.75) is 46.6 Å². The molecule has 1 rings (SSSR count). The molecule has 1 aromatic rings. The van der Waals surface area contributed by atoms with Crippen LogP contribution in [0.25, 0.3) is 0 Å². The van der Waals surface area contributed by atoms with Crippen LogP contribution in [0.15, 0.2) is 18.5 Å². The van der Waals surface area contributed by atoms with E-state index >= 15 is 0 Å². The van der Waals surface area contributed by atoms with Gasteiger partial charge in [0.2, 0.25) is 0 Å². The van der Waals surface area contributed by atoms with Gasteiger partial charge in [-0.1, -0.05) is 13.8 Å². The number of nitrogens with one attached hydrogen (secondary N) is 1. The smallest absolute Gasteiger partial charge is 0.0299 e. The van der Waals surface area contributed by atoms with E-state index in [2.05, 4.69) is 44.1 Å². The number of nitrogens with zero attached hydrogens (tertiary/aromatic N) is 1. The van der Waals surface area contributed by atoms with Crippen molar-refractivity contribution < 1.29 is 0 Å². The fourth-order valence-corrected chi connectivity index (χ4v) is 2.03. The lowest BCUT2D eigenvalue weighted by Gasteiger charge is -2.16. The van der Waals surface area contributed by atoms with E-state index in [1.54, 1.807) is 0 Å². The minimum atomic E-state index is 0.613.